The Kier molecular flexibility index (Phi) is 2.47. The Labute approximate surface area is 90.3 Å². The molecule has 0 spiro atoms. The first-order valence-corrected chi connectivity index (χ1v) is 5.15. The molecule has 2 aromatic heterocycles. The summed E-state index contributed by atoms with van der Waals surface area (Å²) in [5, 5.41) is 13.3. The van der Waals surface area contributed by atoms with Crippen LogP contribution in [0.2, 0.25) is 0 Å². The van der Waals surface area contributed by atoms with Crippen molar-refractivity contribution in [2.45, 2.75) is 6.92 Å². The number of aromatic nitrogens is 2. The molecule has 0 N–H and O–H groups in total. The molecule has 5 heteroatoms. The van der Waals surface area contributed by atoms with Crippen LogP contribution in [0.1, 0.15) is 16.2 Å². The highest BCUT2D eigenvalue weighted by Crippen LogP contribution is 2.24. The molecule has 0 fully saturated rings. The molecule has 0 atom stereocenters. The van der Waals surface area contributed by atoms with Gasteiger partial charge in [-0.1, -0.05) is 0 Å². The number of rotatable bonds is 2. The fourth-order valence-corrected chi connectivity index (χ4v) is 1.91. The van der Waals surface area contributed by atoms with Crippen LogP contribution >= 0.6 is 11.3 Å². The lowest BCUT2D eigenvalue weighted by Crippen LogP contribution is -2.24. The van der Waals surface area contributed by atoms with Crippen LogP contribution in [0.5, 0.6) is 0 Å². The minimum atomic E-state index is -1.27. The fourth-order valence-electron chi connectivity index (χ4n) is 1.24. The SMILES string of the molecule is Cc1ccc(-c2nccs2)c(C(=O)[O-])n1. The zero-order chi connectivity index (χ0) is 10.8. The zero-order valence-corrected chi connectivity index (χ0v) is 8.75. The van der Waals surface area contributed by atoms with Crippen molar-refractivity contribution >= 4 is 17.3 Å². The maximum absolute atomic E-state index is 10.9. The lowest BCUT2D eigenvalue weighted by molar-refractivity contribution is -0.255. The summed E-state index contributed by atoms with van der Waals surface area (Å²) in [5.41, 5.74) is 1.11. The van der Waals surface area contributed by atoms with Gasteiger partial charge in [0.15, 0.2) is 0 Å². The van der Waals surface area contributed by atoms with Gasteiger partial charge in [-0.25, -0.2) is 4.98 Å². The van der Waals surface area contributed by atoms with E-state index in [1.807, 2.05) is 0 Å². The Hall–Kier alpha value is -1.75. The van der Waals surface area contributed by atoms with Gasteiger partial charge in [-0.3, -0.25) is 4.98 Å². The number of nitrogens with zero attached hydrogens (tertiary/aromatic N) is 2. The maximum Gasteiger partial charge on any atom is 0.125 e. The number of hydrogen-bond donors (Lipinski definition) is 0. The minimum Gasteiger partial charge on any atom is -0.543 e. The van der Waals surface area contributed by atoms with E-state index >= 15 is 0 Å². The van der Waals surface area contributed by atoms with Gasteiger partial charge >= 0.3 is 0 Å². The third-order valence-electron chi connectivity index (χ3n) is 1.89. The second-order valence-corrected chi connectivity index (χ2v) is 3.87. The summed E-state index contributed by atoms with van der Waals surface area (Å²) in [5.74, 6) is -1.27. The van der Waals surface area contributed by atoms with E-state index in [2.05, 4.69) is 9.97 Å². The molecule has 0 saturated carbocycles. The van der Waals surface area contributed by atoms with Crippen LogP contribution in [-0.2, 0) is 0 Å². The van der Waals surface area contributed by atoms with E-state index in [0.29, 0.717) is 16.3 Å². The summed E-state index contributed by atoms with van der Waals surface area (Å²) in [7, 11) is 0. The Bertz CT molecular complexity index is 494. The molecule has 15 heavy (non-hydrogen) atoms. The van der Waals surface area contributed by atoms with Gasteiger partial charge in [-0.2, -0.15) is 0 Å². The molecule has 0 unspecified atom stereocenters. The quantitative estimate of drug-likeness (QED) is 0.752. The summed E-state index contributed by atoms with van der Waals surface area (Å²) in [4.78, 5) is 18.9. The highest BCUT2D eigenvalue weighted by atomic mass is 32.1. The number of aryl methyl sites for hydroxylation is 1. The molecular weight excluding hydrogens is 212 g/mol. The van der Waals surface area contributed by atoms with E-state index in [0.717, 1.165) is 0 Å². The van der Waals surface area contributed by atoms with Gasteiger partial charge in [0.25, 0.3) is 0 Å². The molecule has 0 aliphatic heterocycles. The third kappa shape index (κ3) is 1.87. The predicted octanol–water partition coefficient (Wildman–Crippen LogP) is 0.877. The molecule has 0 aliphatic carbocycles. The lowest BCUT2D eigenvalue weighted by Gasteiger charge is -2.07. The average molecular weight is 219 g/mol. The van der Waals surface area contributed by atoms with Gasteiger partial charge in [-0.15, -0.1) is 11.3 Å². The van der Waals surface area contributed by atoms with E-state index in [4.69, 9.17) is 0 Å². The zero-order valence-electron chi connectivity index (χ0n) is 7.93. The normalized spacial score (nSPS) is 10.2. The number of carboxylic acids is 1. The number of carboxylic acid groups (broad SMARTS) is 1. The summed E-state index contributed by atoms with van der Waals surface area (Å²) in [6, 6.07) is 3.45. The number of carbonyl (C=O) groups is 1. The molecule has 0 aliphatic rings. The van der Waals surface area contributed by atoms with E-state index in [9.17, 15) is 9.90 Å². The van der Waals surface area contributed by atoms with Gasteiger partial charge in [0, 0.05) is 22.8 Å². The molecule has 0 aromatic carbocycles. The van der Waals surface area contributed by atoms with Crippen molar-refractivity contribution in [3.05, 3.63) is 35.1 Å². The largest absolute Gasteiger partial charge is 0.543 e. The van der Waals surface area contributed by atoms with Crippen molar-refractivity contribution in [1.82, 2.24) is 9.97 Å². The predicted molar refractivity (Wildman–Crippen MR) is 54.4 cm³/mol. The van der Waals surface area contributed by atoms with Gasteiger partial charge < -0.3 is 9.90 Å². The molecule has 4 nitrogen and oxygen atoms in total. The van der Waals surface area contributed by atoms with E-state index in [1.165, 1.54) is 11.3 Å². The number of aromatic carboxylic acids is 1. The maximum atomic E-state index is 10.9. The molecule has 0 amide bonds. The van der Waals surface area contributed by atoms with Gasteiger partial charge in [0.1, 0.15) is 5.01 Å². The van der Waals surface area contributed by atoms with Crippen LogP contribution in [-0.4, -0.2) is 15.9 Å². The molecule has 0 radical (unpaired) electrons. The fraction of sp³-hybridized carbons (Fsp3) is 0.100. The number of thiazole rings is 1. The summed E-state index contributed by atoms with van der Waals surface area (Å²) in [6.45, 7) is 1.73. The Morgan fingerprint density at radius 1 is 1.47 bits per heavy atom. The molecular formula is C10H7N2O2S-. The Morgan fingerprint density at radius 3 is 2.87 bits per heavy atom. The summed E-state index contributed by atoms with van der Waals surface area (Å²) >= 11 is 1.37. The van der Waals surface area contributed by atoms with Gasteiger partial charge in [0.05, 0.1) is 11.7 Å². The first kappa shape index (κ1) is 9.79. The first-order valence-electron chi connectivity index (χ1n) is 4.27. The average Bonchev–Trinajstić information content (AvgIpc) is 2.70. The topological polar surface area (TPSA) is 65.9 Å². The monoisotopic (exact) mass is 219 g/mol. The first-order chi connectivity index (χ1) is 7.18. The van der Waals surface area contributed by atoms with Crippen LogP contribution in [0.4, 0.5) is 0 Å². The minimum absolute atomic E-state index is 0.0510. The smallest absolute Gasteiger partial charge is 0.125 e. The van der Waals surface area contributed by atoms with E-state index < -0.39 is 5.97 Å². The van der Waals surface area contributed by atoms with Crippen molar-refractivity contribution in [2.24, 2.45) is 0 Å². The van der Waals surface area contributed by atoms with Crippen molar-refractivity contribution in [1.29, 1.82) is 0 Å². The van der Waals surface area contributed by atoms with Crippen molar-refractivity contribution in [2.75, 3.05) is 0 Å². The molecule has 0 saturated heterocycles. The Morgan fingerprint density at radius 2 is 2.27 bits per heavy atom. The number of hydrogen-bond acceptors (Lipinski definition) is 5. The van der Waals surface area contributed by atoms with Crippen LogP contribution in [0, 0.1) is 6.92 Å². The van der Waals surface area contributed by atoms with Crippen LogP contribution in [0.15, 0.2) is 23.7 Å². The van der Waals surface area contributed by atoms with E-state index in [-0.39, 0.29) is 5.69 Å². The van der Waals surface area contributed by atoms with E-state index in [1.54, 1.807) is 30.6 Å². The van der Waals surface area contributed by atoms with Gasteiger partial charge in [-0.05, 0) is 19.1 Å². The summed E-state index contributed by atoms with van der Waals surface area (Å²) in [6.07, 6.45) is 1.62. The lowest BCUT2D eigenvalue weighted by atomic mass is 10.2. The molecule has 76 valence electrons. The molecule has 2 heterocycles. The second kappa shape index (κ2) is 3.78. The Balaban J connectivity index is 2.61. The molecule has 0 bridgehead atoms. The summed E-state index contributed by atoms with van der Waals surface area (Å²) < 4.78 is 0. The number of carbonyl (C=O) groups excluding carboxylic acids is 1. The second-order valence-electron chi connectivity index (χ2n) is 2.97. The third-order valence-corrected chi connectivity index (χ3v) is 2.70. The van der Waals surface area contributed by atoms with Gasteiger partial charge in [0.2, 0.25) is 0 Å². The van der Waals surface area contributed by atoms with Crippen LogP contribution in [0.25, 0.3) is 10.6 Å². The standard InChI is InChI=1S/C10H8N2O2S/c1-6-2-3-7(8(12-6)10(13)14)9-11-4-5-15-9/h2-5H,1H3,(H,13,14)/p-1. The van der Waals surface area contributed by atoms with Crippen LogP contribution < -0.4 is 5.11 Å². The van der Waals surface area contributed by atoms with Crippen molar-refractivity contribution < 1.29 is 9.90 Å². The highest BCUT2D eigenvalue weighted by molar-refractivity contribution is 7.13. The molecule has 2 aromatic rings. The molecule has 2 rings (SSSR count). The highest BCUT2D eigenvalue weighted by Gasteiger charge is 2.09. The van der Waals surface area contributed by atoms with Crippen molar-refractivity contribution in [3.8, 4) is 10.6 Å². The number of pyridine rings is 1. The van der Waals surface area contributed by atoms with Crippen molar-refractivity contribution in [3.63, 3.8) is 0 Å². The van der Waals surface area contributed by atoms with Crippen LogP contribution in [0.3, 0.4) is 0 Å².